The monoisotopic (exact) mass is 303 g/mol. The van der Waals surface area contributed by atoms with E-state index in [1.54, 1.807) is 7.05 Å². The summed E-state index contributed by atoms with van der Waals surface area (Å²) in [5.41, 5.74) is -1.55. The third-order valence-corrected chi connectivity index (χ3v) is 3.81. The summed E-state index contributed by atoms with van der Waals surface area (Å²) in [6.07, 6.45) is -2.09. The fraction of sp³-hybridized carbons (Fsp3) is 0.636. The molecule has 8 nitrogen and oxygen atoms in total. The molecular weight excluding hydrogens is 286 g/mol. The number of aromatic nitrogens is 2. The number of aliphatic hydroxyl groups excluding tert-OH is 3. The highest BCUT2D eigenvalue weighted by molar-refractivity contribution is 7.71. The van der Waals surface area contributed by atoms with E-state index in [0.29, 0.717) is 0 Å². The van der Waals surface area contributed by atoms with Crippen molar-refractivity contribution in [2.45, 2.75) is 31.0 Å². The highest BCUT2D eigenvalue weighted by Gasteiger charge is 2.52. The lowest BCUT2D eigenvalue weighted by molar-refractivity contribution is -0.136. The SMILES string of the molecule is CNc1cn([C@]2(C)O[C@H](CO)[C@@H](O)[C@H]2O)c(=S)[nH]c1=O. The van der Waals surface area contributed by atoms with Crippen LogP contribution in [0.15, 0.2) is 11.0 Å². The quantitative estimate of drug-likeness (QED) is 0.442. The standard InChI is InChI=1S/C11H17N3O5S/c1-11(8(17)7(16)6(4-15)19-11)14-3-5(12-2)9(18)13-10(14)20/h3,6-8,12,15-17H,4H2,1-2H3,(H,13,18,20)/t6-,7-,8-,11-/m1/s1. The molecule has 1 aliphatic rings. The molecule has 1 fully saturated rings. The predicted molar refractivity (Wildman–Crippen MR) is 73.1 cm³/mol. The molecule has 112 valence electrons. The molecule has 0 unspecified atom stereocenters. The van der Waals surface area contributed by atoms with Crippen LogP contribution in [0.5, 0.6) is 0 Å². The maximum atomic E-state index is 11.6. The van der Waals surface area contributed by atoms with E-state index in [1.165, 1.54) is 17.7 Å². The maximum Gasteiger partial charge on any atom is 0.275 e. The second kappa shape index (κ2) is 5.26. The molecule has 20 heavy (non-hydrogen) atoms. The van der Waals surface area contributed by atoms with Gasteiger partial charge in [-0.05, 0) is 19.1 Å². The summed E-state index contributed by atoms with van der Waals surface area (Å²) in [7, 11) is 1.57. The molecule has 9 heteroatoms. The van der Waals surface area contributed by atoms with Crippen molar-refractivity contribution < 1.29 is 20.1 Å². The fourth-order valence-electron chi connectivity index (χ4n) is 2.29. The highest BCUT2D eigenvalue weighted by Crippen LogP contribution is 2.35. The molecule has 1 saturated heterocycles. The molecule has 4 atom stereocenters. The van der Waals surface area contributed by atoms with E-state index in [9.17, 15) is 15.0 Å². The van der Waals surface area contributed by atoms with Crippen LogP contribution in [0.25, 0.3) is 0 Å². The topological polar surface area (TPSA) is 120 Å². The Morgan fingerprint density at radius 1 is 1.60 bits per heavy atom. The largest absolute Gasteiger partial charge is 0.394 e. The maximum absolute atomic E-state index is 11.6. The summed E-state index contributed by atoms with van der Waals surface area (Å²) in [6, 6.07) is 0. The lowest BCUT2D eigenvalue weighted by Crippen LogP contribution is -2.44. The fourth-order valence-corrected chi connectivity index (χ4v) is 2.62. The van der Waals surface area contributed by atoms with Crippen LogP contribution in [-0.2, 0) is 10.5 Å². The Bertz CT molecular complexity index is 615. The molecule has 1 aromatic heterocycles. The zero-order chi connectivity index (χ0) is 15.1. The van der Waals surface area contributed by atoms with Gasteiger partial charge in [-0.1, -0.05) is 0 Å². The second-order valence-electron chi connectivity index (χ2n) is 4.75. The lowest BCUT2D eigenvalue weighted by Gasteiger charge is -2.30. The molecule has 5 N–H and O–H groups in total. The van der Waals surface area contributed by atoms with Crippen molar-refractivity contribution in [2.75, 3.05) is 19.0 Å². The molecular formula is C11H17N3O5S. The molecule has 0 spiro atoms. The zero-order valence-corrected chi connectivity index (χ0v) is 11.8. The van der Waals surface area contributed by atoms with Crippen molar-refractivity contribution >= 4 is 17.9 Å². The van der Waals surface area contributed by atoms with E-state index in [4.69, 9.17) is 22.1 Å². The van der Waals surface area contributed by atoms with Crippen molar-refractivity contribution in [3.8, 4) is 0 Å². The minimum atomic E-state index is -1.39. The summed E-state index contributed by atoms with van der Waals surface area (Å²) < 4.78 is 6.91. The molecule has 2 rings (SSSR count). The van der Waals surface area contributed by atoms with Gasteiger partial charge in [0.25, 0.3) is 5.56 Å². The number of H-pyrrole nitrogens is 1. The van der Waals surface area contributed by atoms with Gasteiger partial charge in [-0.3, -0.25) is 14.3 Å². The summed E-state index contributed by atoms with van der Waals surface area (Å²) in [6.45, 7) is 1.08. The number of aliphatic hydroxyl groups is 3. The first-order valence-electron chi connectivity index (χ1n) is 6.04. The van der Waals surface area contributed by atoms with Crippen LogP contribution in [0.2, 0.25) is 0 Å². The van der Waals surface area contributed by atoms with Gasteiger partial charge in [-0.25, -0.2) is 0 Å². The first-order valence-corrected chi connectivity index (χ1v) is 6.45. The van der Waals surface area contributed by atoms with Crippen molar-refractivity contribution in [3.05, 3.63) is 21.3 Å². The molecule has 0 aliphatic carbocycles. The Kier molecular flexibility index (Phi) is 3.98. The molecule has 0 radical (unpaired) electrons. The summed E-state index contributed by atoms with van der Waals surface area (Å²) in [5, 5.41) is 31.9. The molecule has 1 aliphatic heterocycles. The third-order valence-electron chi connectivity index (χ3n) is 3.51. The van der Waals surface area contributed by atoms with Crippen LogP contribution >= 0.6 is 12.2 Å². The summed E-state index contributed by atoms with van der Waals surface area (Å²) >= 11 is 5.07. The van der Waals surface area contributed by atoms with E-state index >= 15 is 0 Å². The van der Waals surface area contributed by atoms with Gasteiger partial charge in [0.2, 0.25) is 0 Å². The van der Waals surface area contributed by atoms with E-state index in [1.807, 2.05) is 0 Å². The Morgan fingerprint density at radius 3 is 2.75 bits per heavy atom. The zero-order valence-electron chi connectivity index (χ0n) is 11.0. The van der Waals surface area contributed by atoms with E-state index in [0.717, 1.165) is 0 Å². The van der Waals surface area contributed by atoms with E-state index in [-0.39, 0.29) is 10.5 Å². The smallest absolute Gasteiger partial charge is 0.275 e. The first kappa shape index (κ1) is 15.1. The molecule has 1 aromatic rings. The molecule has 0 bridgehead atoms. The Balaban J connectivity index is 2.56. The van der Waals surface area contributed by atoms with Crippen molar-refractivity contribution in [1.29, 1.82) is 0 Å². The normalized spacial score (nSPS) is 33.4. The van der Waals surface area contributed by atoms with Gasteiger partial charge in [0.05, 0.1) is 6.61 Å². The Labute approximate surface area is 119 Å². The number of nitrogens with one attached hydrogen (secondary N) is 2. The van der Waals surface area contributed by atoms with Gasteiger partial charge in [0.1, 0.15) is 24.0 Å². The van der Waals surface area contributed by atoms with Crippen LogP contribution in [0, 0.1) is 4.77 Å². The molecule has 0 saturated carbocycles. The highest BCUT2D eigenvalue weighted by atomic mass is 32.1. The third kappa shape index (κ3) is 2.17. The van der Waals surface area contributed by atoms with Crippen LogP contribution < -0.4 is 10.9 Å². The average Bonchev–Trinajstić information content (AvgIpc) is 2.64. The van der Waals surface area contributed by atoms with Gasteiger partial charge in [-0.15, -0.1) is 0 Å². The lowest BCUT2D eigenvalue weighted by atomic mass is 10.0. The average molecular weight is 303 g/mol. The van der Waals surface area contributed by atoms with Crippen LogP contribution in [-0.4, -0.2) is 56.8 Å². The number of nitrogens with zero attached hydrogens (tertiary/aromatic N) is 1. The second-order valence-corrected chi connectivity index (χ2v) is 5.14. The molecule has 0 aromatic carbocycles. The number of anilines is 1. The number of hydrogen-bond acceptors (Lipinski definition) is 7. The van der Waals surface area contributed by atoms with Crippen molar-refractivity contribution in [3.63, 3.8) is 0 Å². The van der Waals surface area contributed by atoms with Crippen LogP contribution in [0.1, 0.15) is 6.92 Å². The van der Waals surface area contributed by atoms with Gasteiger partial charge >= 0.3 is 0 Å². The first-order chi connectivity index (χ1) is 9.35. The Hall–Kier alpha value is -1.26. The summed E-state index contributed by atoms with van der Waals surface area (Å²) in [5.74, 6) is 0. The van der Waals surface area contributed by atoms with Crippen molar-refractivity contribution in [1.82, 2.24) is 9.55 Å². The minimum absolute atomic E-state index is 0.0429. The minimum Gasteiger partial charge on any atom is -0.394 e. The Morgan fingerprint density at radius 2 is 2.25 bits per heavy atom. The number of hydrogen-bond donors (Lipinski definition) is 5. The van der Waals surface area contributed by atoms with E-state index in [2.05, 4.69) is 10.3 Å². The predicted octanol–water partition coefficient (Wildman–Crippen LogP) is -1.27. The number of aromatic amines is 1. The molecule has 2 heterocycles. The number of ether oxygens (including phenoxy) is 1. The van der Waals surface area contributed by atoms with Gasteiger partial charge in [0, 0.05) is 13.2 Å². The van der Waals surface area contributed by atoms with Crippen LogP contribution in [0.3, 0.4) is 0 Å². The number of rotatable bonds is 3. The van der Waals surface area contributed by atoms with Gasteiger partial charge in [-0.2, -0.15) is 0 Å². The van der Waals surface area contributed by atoms with Crippen LogP contribution in [0.4, 0.5) is 5.69 Å². The van der Waals surface area contributed by atoms with E-state index < -0.39 is 36.2 Å². The van der Waals surface area contributed by atoms with Gasteiger partial charge < -0.3 is 25.4 Å². The van der Waals surface area contributed by atoms with Crippen molar-refractivity contribution in [2.24, 2.45) is 0 Å². The molecule has 0 amide bonds. The summed E-state index contributed by atoms with van der Waals surface area (Å²) in [4.78, 5) is 14.1. The van der Waals surface area contributed by atoms with Gasteiger partial charge in [0.15, 0.2) is 10.5 Å².